The van der Waals surface area contributed by atoms with Gasteiger partial charge in [0.25, 0.3) is 0 Å². The van der Waals surface area contributed by atoms with Crippen molar-refractivity contribution in [2.75, 3.05) is 33.3 Å². The van der Waals surface area contributed by atoms with Crippen LogP contribution < -0.4 is 4.74 Å². The highest BCUT2D eigenvalue weighted by molar-refractivity contribution is 5.79. The van der Waals surface area contributed by atoms with E-state index in [0.29, 0.717) is 13.1 Å². The Morgan fingerprint density at radius 2 is 2.17 bits per heavy atom. The van der Waals surface area contributed by atoms with Crippen LogP contribution in [0.3, 0.4) is 0 Å². The summed E-state index contributed by atoms with van der Waals surface area (Å²) < 4.78 is 5.21. The molecule has 0 spiro atoms. The Labute approximate surface area is 144 Å². The molecule has 0 radical (unpaired) electrons. The van der Waals surface area contributed by atoms with E-state index in [0.717, 1.165) is 37.2 Å². The molecule has 1 amide bonds. The Balaban J connectivity index is 2.03. The van der Waals surface area contributed by atoms with Crippen LogP contribution in [0.15, 0.2) is 24.3 Å². The first-order valence-corrected chi connectivity index (χ1v) is 8.64. The second kappa shape index (κ2) is 8.70. The lowest BCUT2D eigenvalue weighted by Gasteiger charge is -2.29. The molecular formula is C19H27N3O2. The van der Waals surface area contributed by atoms with Gasteiger partial charge < -0.3 is 9.64 Å². The molecule has 1 aliphatic heterocycles. The van der Waals surface area contributed by atoms with Gasteiger partial charge in [-0.3, -0.25) is 9.69 Å². The molecule has 1 aromatic carbocycles. The van der Waals surface area contributed by atoms with Gasteiger partial charge in [-0.2, -0.15) is 5.26 Å². The smallest absolute Gasteiger partial charge is 0.237 e. The van der Waals surface area contributed by atoms with E-state index >= 15 is 0 Å². The van der Waals surface area contributed by atoms with Gasteiger partial charge in [0.05, 0.1) is 31.7 Å². The Hall–Kier alpha value is -2.06. The molecule has 1 fully saturated rings. The number of carbonyl (C=O) groups excluding carboxylic acids is 1. The van der Waals surface area contributed by atoms with Gasteiger partial charge in [-0.05, 0) is 44.0 Å². The summed E-state index contributed by atoms with van der Waals surface area (Å²) in [6, 6.07) is 10.4. The van der Waals surface area contributed by atoms with Crippen molar-refractivity contribution < 1.29 is 9.53 Å². The fourth-order valence-corrected chi connectivity index (χ4v) is 3.25. The van der Waals surface area contributed by atoms with Crippen LogP contribution in [0.25, 0.3) is 0 Å². The number of hydrogen-bond acceptors (Lipinski definition) is 4. The number of amides is 1. The molecule has 0 N–H and O–H groups in total. The predicted molar refractivity (Wildman–Crippen MR) is 93.6 cm³/mol. The van der Waals surface area contributed by atoms with Gasteiger partial charge in [-0.1, -0.05) is 19.1 Å². The molecule has 1 heterocycles. The lowest BCUT2D eigenvalue weighted by molar-refractivity contribution is -0.133. The van der Waals surface area contributed by atoms with Crippen LogP contribution in [0.4, 0.5) is 0 Å². The van der Waals surface area contributed by atoms with Gasteiger partial charge in [-0.15, -0.1) is 0 Å². The molecule has 130 valence electrons. The van der Waals surface area contributed by atoms with Gasteiger partial charge in [0, 0.05) is 13.1 Å². The maximum atomic E-state index is 12.8. The molecule has 1 aliphatic rings. The molecule has 2 unspecified atom stereocenters. The zero-order valence-corrected chi connectivity index (χ0v) is 14.9. The van der Waals surface area contributed by atoms with Crippen LogP contribution in [0, 0.1) is 17.2 Å². The summed E-state index contributed by atoms with van der Waals surface area (Å²) in [5, 5.41) is 8.98. The van der Waals surface area contributed by atoms with Crippen molar-refractivity contribution in [3.05, 3.63) is 29.8 Å². The fourth-order valence-electron chi connectivity index (χ4n) is 3.25. The molecule has 2 rings (SSSR count). The van der Waals surface area contributed by atoms with Crippen LogP contribution in [0.1, 0.15) is 38.3 Å². The molecular weight excluding hydrogens is 302 g/mol. The van der Waals surface area contributed by atoms with E-state index in [4.69, 9.17) is 10.00 Å². The molecule has 5 heteroatoms. The number of ether oxygens (including phenoxy) is 1. The first-order valence-electron chi connectivity index (χ1n) is 8.64. The first kappa shape index (κ1) is 18.3. The van der Waals surface area contributed by atoms with E-state index in [1.807, 2.05) is 43.0 Å². The maximum absolute atomic E-state index is 12.8. The number of rotatable bonds is 7. The molecule has 2 atom stereocenters. The molecule has 1 aromatic rings. The van der Waals surface area contributed by atoms with Crippen molar-refractivity contribution in [3.63, 3.8) is 0 Å². The van der Waals surface area contributed by atoms with Gasteiger partial charge in [0.2, 0.25) is 5.91 Å². The van der Waals surface area contributed by atoms with Crippen LogP contribution in [0.2, 0.25) is 0 Å². The molecule has 5 nitrogen and oxygen atoms in total. The average Bonchev–Trinajstić information content (AvgIpc) is 3.10. The van der Waals surface area contributed by atoms with Crippen molar-refractivity contribution in [2.24, 2.45) is 5.92 Å². The molecule has 0 aromatic heterocycles. The van der Waals surface area contributed by atoms with E-state index in [2.05, 4.69) is 11.0 Å². The standard InChI is InChI=1S/C19H27N3O2/c1-4-21(13-15(2)12-20)14-19(23)22-11-5-6-18(22)16-7-9-17(24-3)10-8-16/h7-10,15,18H,4-6,11,13-14H2,1-3H3. The highest BCUT2D eigenvalue weighted by Crippen LogP contribution is 2.32. The Morgan fingerprint density at radius 1 is 1.46 bits per heavy atom. The first-order chi connectivity index (χ1) is 11.6. The van der Waals surface area contributed by atoms with Crippen molar-refractivity contribution >= 4 is 5.91 Å². The second-order valence-corrected chi connectivity index (χ2v) is 6.38. The van der Waals surface area contributed by atoms with E-state index < -0.39 is 0 Å². The maximum Gasteiger partial charge on any atom is 0.237 e. The number of nitriles is 1. The van der Waals surface area contributed by atoms with Crippen LogP contribution in [-0.2, 0) is 4.79 Å². The quantitative estimate of drug-likeness (QED) is 0.772. The molecule has 0 aliphatic carbocycles. The summed E-state index contributed by atoms with van der Waals surface area (Å²) in [5.41, 5.74) is 1.16. The van der Waals surface area contributed by atoms with Crippen molar-refractivity contribution in [3.8, 4) is 11.8 Å². The van der Waals surface area contributed by atoms with Crippen molar-refractivity contribution in [2.45, 2.75) is 32.7 Å². The average molecular weight is 329 g/mol. The SMILES string of the molecule is CCN(CC(=O)N1CCCC1c1ccc(OC)cc1)CC(C)C#N. The summed E-state index contributed by atoms with van der Waals surface area (Å²) in [4.78, 5) is 16.8. The molecule has 1 saturated heterocycles. The zero-order valence-electron chi connectivity index (χ0n) is 14.9. The minimum Gasteiger partial charge on any atom is -0.497 e. The number of benzene rings is 1. The molecule has 0 saturated carbocycles. The van der Waals surface area contributed by atoms with Gasteiger partial charge in [0.1, 0.15) is 5.75 Å². The molecule has 0 bridgehead atoms. The van der Waals surface area contributed by atoms with E-state index in [1.54, 1.807) is 7.11 Å². The minimum absolute atomic E-state index is 0.0614. The van der Waals surface area contributed by atoms with Crippen LogP contribution in [-0.4, -0.2) is 49.0 Å². The highest BCUT2D eigenvalue weighted by Gasteiger charge is 2.30. The van der Waals surface area contributed by atoms with Crippen LogP contribution >= 0.6 is 0 Å². The summed E-state index contributed by atoms with van der Waals surface area (Å²) in [6.07, 6.45) is 2.03. The Bertz CT molecular complexity index is 579. The highest BCUT2D eigenvalue weighted by atomic mass is 16.5. The van der Waals surface area contributed by atoms with Gasteiger partial charge >= 0.3 is 0 Å². The van der Waals surface area contributed by atoms with Gasteiger partial charge in [0.15, 0.2) is 0 Å². The lowest BCUT2D eigenvalue weighted by Crippen LogP contribution is -2.41. The van der Waals surface area contributed by atoms with E-state index in [1.165, 1.54) is 0 Å². The number of likely N-dealkylation sites (tertiary alicyclic amines) is 1. The summed E-state index contributed by atoms with van der Waals surface area (Å²) in [7, 11) is 1.65. The number of methoxy groups -OCH3 is 1. The topological polar surface area (TPSA) is 56.6 Å². The minimum atomic E-state index is -0.0614. The third-order valence-electron chi connectivity index (χ3n) is 4.63. The number of nitrogens with zero attached hydrogens (tertiary/aromatic N) is 3. The third-order valence-corrected chi connectivity index (χ3v) is 4.63. The largest absolute Gasteiger partial charge is 0.497 e. The fraction of sp³-hybridized carbons (Fsp3) is 0.579. The lowest BCUT2D eigenvalue weighted by atomic mass is 10.0. The zero-order chi connectivity index (χ0) is 17.5. The number of hydrogen-bond donors (Lipinski definition) is 0. The number of carbonyl (C=O) groups is 1. The Morgan fingerprint density at radius 3 is 2.75 bits per heavy atom. The predicted octanol–water partition coefficient (Wildman–Crippen LogP) is 2.84. The second-order valence-electron chi connectivity index (χ2n) is 6.38. The van der Waals surface area contributed by atoms with Crippen molar-refractivity contribution in [1.29, 1.82) is 5.26 Å². The Kier molecular flexibility index (Phi) is 6.62. The third kappa shape index (κ3) is 4.48. The van der Waals surface area contributed by atoms with Gasteiger partial charge in [-0.25, -0.2) is 0 Å². The van der Waals surface area contributed by atoms with Crippen LogP contribution in [0.5, 0.6) is 5.75 Å². The normalized spacial score (nSPS) is 18.5. The monoisotopic (exact) mass is 329 g/mol. The molecule has 24 heavy (non-hydrogen) atoms. The number of likely N-dealkylation sites (N-methyl/N-ethyl adjacent to an activating group) is 1. The summed E-state index contributed by atoms with van der Waals surface area (Å²) in [6.45, 7) is 6.53. The van der Waals surface area contributed by atoms with E-state index in [-0.39, 0.29) is 17.9 Å². The van der Waals surface area contributed by atoms with Crippen molar-refractivity contribution in [1.82, 2.24) is 9.80 Å². The summed E-state index contributed by atoms with van der Waals surface area (Å²) in [5.74, 6) is 0.922. The summed E-state index contributed by atoms with van der Waals surface area (Å²) >= 11 is 0. The van der Waals surface area contributed by atoms with E-state index in [9.17, 15) is 4.79 Å².